The lowest BCUT2D eigenvalue weighted by molar-refractivity contribution is -0.149. The molecule has 0 spiro atoms. The van der Waals surface area contributed by atoms with Crippen molar-refractivity contribution in [2.24, 2.45) is 11.3 Å². The van der Waals surface area contributed by atoms with Crippen LogP contribution in [0.5, 0.6) is 0 Å². The van der Waals surface area contributed by atoms with Crippen LogP contribution in [0.3, 0.4) is 0 Å². The van der Waals surface area contributed by atoms with Gasteiger partial charge in [-0.1, -0.05) is 65.0 Å². The average Bonchev–Trinajstić information content (AvgIpc) is 2.73. The Balaban J connectivity index is 0.000000280. The molecule has 0 saturated heterocycles. The van der Waals surface area contributed by atoms with E-state index in [0.717, 1.165) is 24.8 Å². The van der Waals surface area contributed by atoms with Crippen LogP contribution in [0.2, 0.25) is 0 Å². The second-order valence-corrected chi connectivity index (χ2v) is 8.39. The minimum Gasteiger partial charge on any atom is -0.466 e. The van der Waals surface area contributed by atoms with E-state index in [1.807, 2.05) is 13.0 Å². The Morgan fingerprint density at radius 3 is 2.18 bits per heavy atom. The molecular formula is C24H40O4. The number of esters is 2. The molecule has 0 heterocycles. The lowest BCUT2D eigenvalue weighted by atomic mass is 9.72. The Kier molecular flexibility index (Phi) is 11.2. The zero-order valence-corrected chi connectivity index (χ0v) is 18.4. The summed E-state index contributed by atoms with van der Waals surface area (Å²) >= 11 is 0. The third kappa shape index (κ3) is 7.81. The molecule has 2 aliphatic rings. The van der Waals surface area contributed by atoms with Crippen molar-refractivity contribution >= 4 is 11.9 Å². The fraction of sp³-hybridized carbons (Fsp3) is 0.750. The van der Waals surface area contributed by atoms with Crippen LogP contribution < -0.4 is 0 Å². The molecule has 0 aliphatic heterocycles. The van der Waals surface area contributed by atoms with Gasteiger partial charge in [0.2, 0.25) is 0 Å². The van der Waals surface area contributed by atoms with Crippen molar-refractivity contribution in [2.75, 3.05) is 7.11 Å². The van der Waals surface area contributed by atoms with Gasteiger partial charge < -0.3 is 9.47 Å². The third-order valence-electron chi connectivity index (χ3n) is 6.33. The van der Waals surface area contributed by atoms with Gasteiger partial charge >= 0.3 is 11.9 Å². The number of hydrogen-bond acceptors (Lipinski definition) is 4. The Hall–Kier alpha value is -1.58. The summed E-state index contributed by atoms with van der Waals surface area (Å²) in [5.74, 6) is 0.0270. The maximum atomic E-state index is 11.5. The predicted octanol–water partition coefficient (Wildman–Crippen LogP) is 6.15. The molecule has 4 nitrogen and oxygen atoms in total. The molecule has 160 valence electrons. The van der Waals surface area contributed by atoms with Crippen LogP contribution in [0.1, 0.15) is 91.4 Å². The van der Waals surface area contributed by atoms with Gasteiger partial charge in [-0.3, -0.25) is 0 Å². The second-order valence-electron chi connectivity index (χ2n) is 8.39. The number of allylic oxidation sites excluding steroid dienone is 1. The molecule has 2 saturated carbocycles. The van der Waals surface area contributed by atoms with Gasteiger partial charge in [0.15, 0.2) is 0 Å². The number of ether oxygens (including phenoxy) is 2. The fourth-order valence-electron chi connectivity index (χ4n) is 4.30. The molecule has 0 amide bonds. The van der Waals surface area contributed by atoms with Gasteiger partial charge in [-0.25, -0.2) is 9.59 Å². The van der Waals surface area contributed by atoms with Gasteiger partial charge in [0.1, 0.15) is 6.10 Å². The Morgan fingerprint density at radius 2 is 1.68 bits per heavy atom. The molecule has 0 radical (unpaired) electrons. The summed E-state index contributed by atoms with van der Waals surface area (Å²) in [4.78, 5) is 22.6. The van der Waals surface area contributed by atoms with Crippen LogP contribution in [0.15, 0.2) is 24.3 Å². The van der Waals surface area contributed by atoms with Crippen LogP contribution in [-0.2, 0) is 19.1 Å². The highest BCUT2D eigenvalue weighted by Crippen LogP contribution is 2.40. The topological polar surface area (TPSA) is 52.6 Å². The molecular weight excluding hydrogens is 352 g/mol. The fourth-order valence-corrected chi connectivity index (χ4v) is 4.30. The number of rotatable bonds is 6. The standard InChI is InChI=1S/2C12H20O2/c1-4-11(13)14-10(2)12(3)8-6-5-7-9-12;1-3-7-11(12(13)14-2)10-8-5-4-6-9-10/h4,10H,1,5-9H2,2-3H3;7,10H,3-6,8-9H2,1-2H3. The largest absolute Gasteiger partial charge is 0.466 e. The minimum absolute atomic E-state index is 0.00769. The first-order valence-electron chi connectivity index (χ1n) is 11.0. The Bertz CT molecular complexity index is 523. The van der Waals surface area contributed by atoms with E-state index < -0.39 is 0 Å². The van der Waals surface area contributed by atoms with Gasteiger partial charge in [0.05, 0.1) is 7.11 Å². The second kappa shape index (κ2) is 12.8. The highest BCUT2D eigenvalue weighted by atomic mass is 16.5. The van der Waals surface area contributed by atoms with E-state index in [-0.39, 0.29) is 23.5 Å². The van der Waals surface area contributed by atoms with Crippen LogP contribution >= 0.6 is 0 Å². The van der Waals surface area contributed by atoms with Crippen molar-refractivity contribution in [1.29, 1.82) is 0 Å². The van der Waals surface area contributed by atoms with Crippen LogP contribution in [0.25, 0.3) is 0 Å². The normalized spacial score (nSPS) is 20.9. The molecule has 2 aliphatic carbocycles. The molecule has 0 bridgehead atoms. The van der Waals surface area contributed by atoms with Gasteiger partial charge in [-0.05, 0) is 44.9 Å². The van der Waals surface area contributed by atoms with Crippen molar-refractivity contribution in [3.05, 3.63) is 24.3 Å². The molecule has 0 aromatic rings. The quantitative estimate of drug-likeness (QED) is 0.402. The molecule has 1 atom stereocenters. The van der Waals surface area contributed by atoms with E-state index in [4.69, 9.17) is 9.47 Å². The van der Waals surface area contributed by atoms with Gasteiger partial charge in [-0.2, -0.15) is 0 Å². The van der Waals surface area contributed by atoms with E-state index in [1.165, 1.54) is 64.6 Å². The van der Waals surface area contributed by atoms with Crippen LogP contribution in [-0.4, -0.2) is 25.2 Å². The van der Waals surface area contributed by atoms with Crippen LogP contribution in [0, 0.1) is 11.3 Å². The summed E-state index contributed by atoms with van der Waals surface area (Å²) in [5.41, 5.74) is 1.09. The van der Waals surface area contributed by atoms with Crippen molar-refractivity contribution in [3.63, 3.8) is 0 Å². The van der Waals surface area contributed by atoms with Crippen LogP contribution in [0.4, 0.5) is 0 Å². The summed E-state index contributed by atoms with van der Waals surface area (Å²) in [6.07, 6.45) is 16.5. The molecule has 2 rings (SSSR count). The van der Waals surface area contributed by atoms with E-state index in [1.54, 1.807) is 0 Å². The summed E-state index contributed by atoms with van der Waals surface area (Å²) < 4.78 is 10.1. The number of methoxy groups -OCH3 is 1. The first kappa shape index (κ1) is 24.5. The first-order chi connectivity index (χ1) is 13.4. The van der Waals surface area contributed by atoms with E-state index in [0.29, 0.717) is 5.92 Å². The molecule has 28 heavy (non-hydrogen) atoms. The summed E-state index contributed by atoms with van der Waals surface area (Å²) in [5, 5.41) is 0. The van der Waals surface area contributed by atoms with Crippen molar-refractivity contribution < 1.29 is 19.1 Å². The SMILES string of the molecule is C=CC(=O)OC(C)C1(C)CCCCC1.CCC=C(C(=O)OC)C1CCCCC1. The lowest BCUT2D eigenvalue weighted by Gasteiger charge is -2.38. The van der Waals surface area contributed by atoms with Gasteiger partial charge in [0, 0.05) is 17.1 Å². The maximum Gasteiger partial charge on any atom is 0.333 e. The molecule has 0 aromatic carbocycles. The minimum atomic E-state index is -0.302. The smallest absolute Gasteiger partial charge is 0.333 e. The van der Waals surface area contributed by atoms with E-state index in [9.17, 15) is 9.59 Å². The lowest BCUT2D eigenvalue weighted by Crippen LogP contribution is -2.35. The predicted molar refractivity (Wildman–Crippen MR) is 114 cm³/mol. The van der Waals surface area contributed by atoms with Gasteiger partial charge in [0.25, 0.3) is 0 Å². The van der Waals surface area contributed by atoms with Gasteiger partial charge in [-0.15, -0.1) is 0 Å². The number of carbonyl (C=O) groups excluding carboxylic acids is 2. The molecule has 1 unspecified atom stereocenters. The molecule has 4 heteroatoms. The van der Waals surface area contributed by atoms with Crippen molar-refractivity contribution in [1.82, 2.24) is 0 Å². The van der Waals surface area contributed by atoms with E-state index >= 15 is 0 Å². The van der Waals surface area contributed by atoms with Crippen molar-refractivity contribution in [2.45, 2.75) is 97.5 Å². The first-order valence-corrected chi connectivity index (χ1v) is 11.0. The zero-order chi connectivity index (χ0) is 21.0. The molecule has 0 N–H and O–H groups in total. The van der Waals surface area contributed by atoms with Crippen molar-refractivity contribution in [3.8, 4) is 0 Å². The summed E-state index contributed by atoms with van der Waals surface area (Å²) in [6, 6.07) is 0. The Labute approximate surface area is 171 Å². The highest BCUT2D eigenvalue weighted by molar-refractivity contribution is 5.88. The monoisotopic (exact) mass is 392 g/mol. The number of carbonyl (C=O) groups is 2. The molecule has 0 aromatic heterocycles. The summed E-state index contributed by atoms with van der Waals surface area (Å²) in [7, 11) is 1.47. The highest BCUT2D eigenvalue weighted by Gasteiger charge is 2.34. The Morgan fingerprint density at radius 1 is 1.11 bits per heavy atom. The third-order valence-corrected chi connectivity index (χ3v) is 6.33. The zero-order valence-electron chi connectivity index (χ0n) is 18.4. The summed E-state index contributed by atoms with van der Waals surface area (Å²) in [6.45, 7) is 9.68. The maximum absolute atomic E-state index is 11.5. The van der Waals surface area contributed by atoms with E-state index in [2.05, 4.69) is 20.4 Å². The molecule has 2 fully saturated rings. The number of hydrogen-bond donors (Lipinski definition) is 0. The average molecular weight is 393 g/mol.